The van der Waals surface area contributed by atoms with E-state index in [1.807, 2.05) is 13.8 Å². The molecule has 0 aliphatic heterocycles. The zero-order valence-electron chi connectivity index (χ0n) is 19.0. The lowest BCUT2D eigenvalue weighted by Gasteiger charge is -2.14. The van der Waals surface area contributed by atoms with Gasteiger partial charge in [-0.3, -0.25) is 0 Å². The molecule has 0 amide bonds. The van der Waals surface area contributed by atoms with Crippen molar-refractivity contribution in [2.45, 2.75) is 53.4 Å². The van der Waals surface area contributed by atoms with Crippen LogP contribution in [0.5, 0.6) is 0 Å². The zero-order valence-corrected chi connectivity index (χ0v) is 19.9. The van der Waals surface area contributed by atoms with Crippen LogP contribution in [0.15, 0.2) is 35.2 Å². The summed E-state index contributed by atoms with van der Waals surface area (Å²) in [5, 5.41) is 2.48. The average Bonchev–Trinajstić information content (AvgIpc) is 2.95. The van der Waals surface area contributed by atoms with E-state index in [2.05, 4.69) is 44.0 Å². The third-order valence-corrected chi connectivity index (χ3v) is 6.90. The van der Waals surface area contributed by atoms with Crippen LogP contribution in [0.4, 0.5) is 0 Å². The Bertz CT molecular complexity index is 1410. The van der Waals surface area contributed by atoms with Gasteiger partial charge >= 0.3 is 0 Å². The van der Waals surface area contributed by atoms with Crippen molar-refractivity contribution >= 4 is 31.9 Å². The van der Waals surface area contributed by atoms with Crippen LogP contribution in [0.1, 0.15) is 39.2 Å². The van der Waals surface area contributed by atoms with Crippen molar-refractivity contribution in [1.29, 1.82) is 0 Å². The smallest absolute Gasteiger partial charge is 0.218 e. The summed E-state index contributed by atoms with van der Waals surface area (Å²) in [5.41, 5.74) is 9.12. The Balaban J connectivity index is 0.000000187. The predicted molar refractivity (Wildman–Crippen MR) is 124 cm³/mol. The van der Waals surface area contributed by atoms with Gasteiger partial charge in [0.25, 0.3) is 0 Å². The summed E-state index contributed by atoms with van der Waals surface area (Å²) in [6.45, 7) is 13.5. The number of nitrogens with one attached hydrogen (secondary N) is 1. The standard InChI is InChI=1S/C15H17N3.C9H12O3S/c1-8-5-12-13(6-9(8)2)17-14-7-10(3)18(16)11(4)15(12)14;1-6-4-7(2)9(8(3)5-6)13(10,11)12/h5-7H,16H2,1-4H3;4-5H,1-3H3,(H,10,11,12). The lowest BCUT2D eigenvalue weighted by Crippen LogP contribution is -2.49. The molecule has 7 heteroatoms. The van der Waals surface area contributed by atoms with Gasteiger partial charge in [-0.15, -0.1) is 0 Å². The maximum absolute atomic E-state index is 10.8. The largest absolute Gasteiger partial charge is 0.744 e. The molecule has 0 saturated heterocycles. The Labute approximate surface area is 183 Å². The normalized spacial score (nSPS) is 11.6. The Morgan fingerprint density at radius 1 is 0.806 bits per heavy atom. The lowest BCUT2D eigenvalue weighted by atomic mass is 10.0. The molecule has 0 fully saturated rings. The fourth-order valence-electron chi connectivity index (χ4n) is 4.20. The van der Waals surface area contributed by atoms with Gasteiger partial charge in [0.2, 0.25) is 11.4 Å². The van der Waals surface area contributed by atoms with Gasteiger partial charge in [0.15, 0.2) is 0 Å². The molecule has 0 aliphatic carbocycles. The van der Waals surface area contributed by atoms with Gasteiger partial charge in [-0.2, -0.15) is 0 Å². The van der Waals surface area contributed by atoms with E-state index < -0.39 is 10.1 Å². The zero-order chi connectivity index (χ0) is 23.2. The monoisotopic (exact) mass is 439 g/mol. The number of rotatable bonds is 1. The molecule has 2 heterocycles. The number of nitrogens with zero attached hydrogens (tertiary/aromatic N) is 1. The number of nitrogen functional groups attached to an aromatic ring is 1. The van der Waals surface area contributed by atoms with E-state index in [-0.39, 0.29) is 4.90 Å². The molecule has 0 unspecified atom stereocenters. The molecule has 0 radical (unpaired) electrons. The fraction of sp³-hybridized carbons (Fsp3) is 0.292. The molecular weight excluding hydrogens is 410 g/mol. The predicted octanol–water partition coefficient (Wildman–Crippen LogP) is 4.07. The molecule has 2 aromatic heterocycles. The topological polar surface area (TPSA) is 103 Å². The number of aromatic nitrogens is 2. The van der Waals surface area contributed by atoms with Crippen LogP contribution in [-0.2, 0) is 10.1 Å². The van der Waals surface area contributed by atoms with E-state index in [0.29, 0.717) is 11.1 Å². The summed E-state index contributed by atoms with van der Waals surface area (Å²) >= 11 is 0. The molecule has 4 rings (SSSR count). The van der Waals surface area contributed by atoms with Crippen LogP contribution in [0, 0.1) is 48.5 Å². The molecular formula is C24H29N3O3S. The molecule has 0 bridgehead atoms. The van der Waals surface area contributed by atoms with E-state index >= 15 is 0 Å². The number of aryl methyl sites for hydroxylation is 7. The van der Waals surface area contributed by atoms with Gasteiger partial charge in [0, 0.05) is 30.8 Å². The molecule has 164 valence electrons. The maximum Gasteiger partial charge on any atom is 0.218 e. The van der Waals surface area contributed by atoms with E-state index in [4.69, 9.17) is 5.84 Å². The van der Waals surface area contributed by atoms with E-state index in [0.717, 1.165) is 22.5 Å². The summed E-state index contributed by atoms with van der Waals surface area (Å²) in [6, 6.07) is 9.94. The van der Waals surface area contributed by atoms with Crippen molar-refractivity contribution in [3.05, 3.63) is 69.5 Å². The van der Waals surface area contributed by atoms with E-state index in [1.54, 1.807) is 30.7 Å². The Morgan fingerprint density at radius 3 is 1.90 bits per heavy atom. The van der Waals surface area contributed by atoms with Crippen molar-refractivity contribution < 1.29 is 17.6 Å². The number of H-pyrrole nitrogens is 1. The lowest BCUT2D eigenvalue weighted by molar-refractivity contribution is -0.650. The minimum atomic E-state index is -4.33. The summed E-state index contributed by atoms with van der Waals surface area (Å²) in [4.78, 5) is 3.40. The van der Waals surface area contributed by atoms with E-state index in [9.17, 15) is 13.0 Å². The van der Waals surface area contributed by atoms with Gasteiger partial charge < -0.3 is 9.54 Å². The molecule has 4 aromatic rings. The Kier molecular flexibility index (Phi) is 5.86. The summed E-state index contributed by atoms with van der Waals surface area (Å²) in [6.07, 6.45) is 0. The SMILES string of the molecule is Cc1cc(C)c(S(=O)(=O)[O-])c(C)c1.Cc1cc2[nH]c3cc(C)[n+](N)c(C)c3c2cc1C. The van der Waals surface area contributed by atoms with Crippen molar-refractivity contribution in [2.75, 3.05) is 5.84 Å². The number of hydrogen-bond acceptors (Lipinski definition) is 4. The minimum absolute atomic E-state index is 0.0851. The Hall–Kier alpha value is -2.90. The highest BCUT2D eigenvalue weighted by Crippen LogP contribution is 2.29. The minimum Gasteiger partial charge on any atom is -0.744 e. The molecule has 31 heavy (non-hydrogen) atoms. The molecule has 0 spiro atoms. The van der Waals surface area contributed by atoms with Crippen LogP contribution in [0.25, 0.3) is 21.8 Å². The van der Waals surface area contributed by atoms with Crippen LogP contribution in [0.2, 0.25) is 0 Å². The van der Waals surface area contributed by atoms with Crippen molar-refractivity contribution in [3.63, 3.8) is 0 Å². The summed E-state index contributed by atoms with van der Waals surface area (Å²) in [7, 11) is -4.33. The highest BCUT2D eigenvalue weighted by molar-refractivity contribution is 7.85. The number of pyridine rings is 1. The number of nitrogens with two attached hydrogens (primary N) is 1. The summed E-state index contributed by atoms with van der Waals surface area (Å²) in [5.74, 6) is 6.07. The fourth-order valence-corrected chi connectivity index (χ4v) is 5.11. The number of benzene rings is 2. The molecule has 0 aliphatic rings. The molecule has 6 nitrogen and oxygen atoms in total. The van der Waals surface area contributed by atoms with Crippen LogP contribution in [-0.4, -0.2) is 18.0 Å². The van der Waals surface area contributed by atoms with E-state index in [1.165, 1.54) is 27.4 Å². The average molecular weight is 440 g/mol. The first kappa shape index (κ1) is 22.8. The second-order valence-electron chi connectivity index (χ2n) is 8.32. The third-order valence-electron chi connectivity index (χ3n) is 5.75. The maximum atomic E-state index is 10.8. The van der Waals surface area contributed by atoms with Gasteiger partial charge in [0.05, 0.1) is 15.8 Å². The van der Waals surface area contributed by atoms with Crippen LogP contribution < -0.4 is 10.5 Å². The van der Waals surface area contributed by atoms with Crippen LogP contribution >= 0.6 is 0 Å². The van der Waals surface area contributed by atoms with Crippen molar-refractivity contribution in [1.82, 2.24) is 4.98 Å². The molecule has 0 saturated carbocycles. The second kappa shape index (κ2) is 7.98. The first-order chi connectivity index (χ1) is 14.3. The quantitative estimate of drug-likeness (QED) is 0.265. The molecule has 2 aromatic carbocycles. The van der Waals surface area contributed by atoms with Crippen molar-refractivity contribution in [2.24, 2.45) is 0 Å². The van der Waals surface area contributed by atoms with Gasteiger partial charge in [-0.05, 0) is 69.0 Å². The van der Waals surface area contributed by atoms with Crippen molar-refractivity contribution in [3.8, 4) is 0 Å². The second-order valence-corrected chi connectivity index (χ2v) is 9.64. The van der Waals surface area contributed by atoms with Gasteiger partial charge in [0.1, 0.15) is 10.1 Å². The van der Waals surface area contributed by atoms with Crippen LogP contribution in [0.3, 0.4) is 0 Å². The number of aromatic amines is 1. The van der Waals surface area contributed by atoms with Gasteiger partial charge in [-0.25, -0.2) is 14.3 Å². The first-order valence-corrected chi connectivity index (χ1v) is 11.5. The number of hydrogen-bond donors (Lipinski definition) is 2. The van der Waals surface area contributed by atoms with Gasteiger partial charge in [-0.1, -0.05) is 22.4 Å². The summed E-state index contributed by atoms with van der Waals surface area (Å²) < 4.78 is 34.2. The molecule has 0 atom stereocenters. The molecule has 3 N–H and O–H groups in total. The Morgan fingerprint density at radius 2 is 1.35 bits per heavy atom. The first-order valence-electron chi connectivity index (χ1n) is 10.0. The number of fused-ring (bicyclic) bond motifs is 3. The third kappa shape index (κ3) is 4.29. The highest BCUT2D eigenvalue weighted by atomic mass is 32.2. The highest BCUT2D eigenvalue weighted by Gasteiger charge is 2.17.